The van der Waals surface area contributed by atoms with E-state index in [2.05, 4.69) is 0 Å². The van der Waals surface area contributed by atoms with Crippen LogP contribution in [0.25, 0.3) is 0 Å². The lowest BCUT2D eigenvalue weighted by molar-refractivity contribution is -0.161. The van der Waals surface area contributed by atoms with Gasteiger partial charge in [-0.15, -0.1) is 0 Å². The highest BCUT2D eigenvalue weighted by molar-refractivity contribution is 6.02. The highest BCUT2D eigenvalue weighted by Gasteiger charge is 2.47. The van der Waals surface area contributed by atoms with Gasteiger partial charge >= 0.3 is 11.9 Å². The molecule has 0 radical (unpaired) electrons. The first-order chi connectivity index (χ1) is 10.7. The van der Waals surface area contributed by atoms with Crippen LogP contribution in [-0.4, -0.2) is 30.4 Å². The molecule has 0 saturated heterocycles. The third-order valence-electron chi connectivity index (χ3n) is 3.96. The maximum Gasteiger partial charge on any atom is 0.317 e. The molecule has 5 heteroatoms. The topological polar surface area (TPSA) is 69.7 Å². The van der Waals surface area contributed by atoms with Gasteiger partial charge in [-0.25, -0.2) is 0 Å². The molecule has 0 aromatic carbocycles. The van der Waals surface area contributed by atoms with Crippen LogP contribution in [-0.2, 0) is 23.9 Å². The highest BCUT2D eigenvalue weighted by atomic mass is 16.6. The summed E-state index contributed by atoms with van der Waals surface area (Å²) in [5.41, 5.74) is -0.630. The van der Waals surface area contributed by atoms with Crippen molar-refractivity contribution in [2.24, 2.45) is 17.8 Å². The van der Waals surface area contributed by atoms with Crippen LogP contribution in [0.15, 0.2) is 12.2 Å². The lowest BCUT2D eigenvalue weighted by Crippen LogP contribution is -2.31. The van der Waals surface area contributed by atoms with Gasteiger partial charge in [-0.1, -0.05) is 19.1 Å². The van der Waals surface area contributed by atoms with E-state index < -0.39 is 17.5 Å². The quantitative estimate of drug-likeness (QED) is 0.427. The molecule has 0 spiro atoms. The molecule has 0 aromatic heterocycles. The van der Waals surface area contributed by atoms with Crippen molar-refractivity contribution in [2.45, 2.75) is 59.0 Å². The Hall–Kier alpha value is -1.65. The second-order valence-electron chi connectivity index (χ2n) is 6.99. The number of allylic oxidation sites excluding steroid dienone is 2. The summed E-state index contributed by atoms with van der Waals surface area (Å²) in [5.74, 6) is -2.22. The summed E-state index contributed by atoms with van der Waals surface area (Å²) in [6, 6.07) is 0. The molecule has 1 saturated carbocycles. The number of ether oxygens (including phenoxy) is 2. The zero-order valence-electron chi connectivity index (χ0n) is 14.8. The van der Waals surface area contributed by atoms with Gasteiger partial charge in [0.1, 0.15) is 11.5 Å². The van der Waals surface area contributed by atoms with Crippen molar-refractivity contribution >= 4 is 17.7 Å². The monoisotopic (exact) mass is 324 g/mol. The van der Waals surface area contributed by atoms with Gasteiger partial charge < -0.3 is 9.47 Å². The zero-order chi connectivity index (χ0) is 17.6. The number of rotatable bonds is 6. The molecule has 130 valence electrons. The van der Waals surface area contributed by atoms with E-state index in [1.54, 1.807) is 20.8 Å². The minimum absolute atomic E-state index is 0.117. The zero-order valence-corrected chi connectivity index (χ0v) is 14.8. The van der Waals surface area contributed by atoms with Gasteiger partial charge in [0.05, 0.1) is 7.11 Å². The Kier molecular flexibility index (Phi) is 6.98. The number of hydrogen-bond donors (Lipinski definition) is 0. The third kappa shape index (κ3) is 5.81. The molecule has 1 fully saturated rings. The largest absolute Gasteiger partial charge is 0.469 e. The third-order valence-corrected chi connectivity index (χ3v) is 3.96. The molecule has 1 rings (SSSR count). The average Bonchev–Trinajstić information content (AvgIpc) is 2.74. The van der Waals surface area contributed by atoms with Crippen molar-refractivity contribution in [2.75, 3.05) is 7.11 Å². The number of carbonyl (C=O) groups excluding carboxylic acids is 3. The van der Waals surface area contributed by atoms with Crippen LogP contribution in [0, 0.1) is 17.8 Å². The van der Waals surface area contributed by atoms with E-state index in [9.17, 15) is 14.4 Å². The fourth-order valence-corrected chi connectivity index (χ4v) is 2.90. The smallest absolute Gasteiger partial charge is 0.317 e. The molecule has 0 bridgehead atoms. The lowest BCUT2D eigenvalue weighted by Gasteiger charge is -2.21. The van der Waals surface area contributed by atoms with Crippen molar-refractivity contribution in [1.29, 1.82) is 0 Å². The summed E-state index contributed by atoms with van der Waals surface area (Å²) in [5, 5.41) is 0. The van der Waals surface area contributed by atoms with Gasteiger partial charge in [-0.2, -0.15) is 0 Å². The average molecular weight is 324 g/mol. The Morgan fingerprint density at radius 3 is 2.43 bits per heavy atom. The van der Waals surface area contributed by atoms with Crippen LogP contribution < -0.4 is 0 Å². The Morgan fingerprint density at radius 1 is 1.26 bits per heavy atom. The predicted octanol–water partition coefficient (Wildman–Crippen LogP) is 3.07. The normalized spacial score (nSPS) is 24.9. The van der Waals surface area contributed by atoms with Crippen LogP contribution in [0.1, 0.15) is 53.4 Å². The molecule has 0 aromatic rings. The molecule has 1 aliphatic carbocycles. The lowest BCUT2D eigenvalue weighted by atomic mass is 9.89. The maximum absolute atomic E-state index is 12.6. The second kappa shape index (κ2) is 8.27. The predicted molar refractivity (Wildman–Crippen MR) is 86.6 cm³/mol. The fourth-order valence-electron chi connectivity index (χ4n) is 2.90. The highest BCUT2D eigenvalue weighted by Crippen LogP contribution is 2.39. The van der Waals surface area contributed by atoms with Crippen molar-refractivity contribution < 1.29 is 23.9 Å². The first kappa shape index (κ1) is 19.4. The standard InChI is InChI=1S/C18H28O5/c1-6-7-8-9-13-12(11-15(19)22-5)10-14(16(13)20)17(21)23-18(2,3)4/h7-8,12-14H,6,9-11H2,1-5H3/b8-7+. The van der Waals surface area contributed by atoms with Crippen LogP contribution in [0.2, 0.25) is 0 Å². The Labute approximate surface area is 138 Å². The molecule has 3 atom stereocenters. The van der Waals surface area contributed by atoms with Gasteiger partial charge in [-0.3, -0.25) is 14.4 Å². The van der Waals surface area contributed by atoms with E-state index in [0.717, 1.165) is 6.42 Å². The van der Waals surface area contributed by atoms with E-state index in [-0.39, 0.29) is 30.0 Å². The Bertz CT molecular complexity index is 472. The summed E-state index contributed by atoms with van der Waals surface area (Å²) in [6.07, 6.45) is 5.89. The number of hydrogen-bond acceptors (Lipinski definition) is 5. The molecule has 5 nitrogen and oxygen atoms in total. The van der Waals surface area contributed by atoms with Crippen LogP contribution in [0.3, 0.4) is 0 Å². The summed E-state index contributed by atoms with van der Waals surface area (Å²) >= 11 is 0. The van der Waals surface area contributed by atoms with Crippen LogP contribution >= 0.6 is 0 Å². The van der Waals surface area contributed by atoms with E-state index >= 15 is 0 Å². The number of Topliss-reactive ketones (excluding diaryl/α,β-unsaturated/α-hetero) is 1. The second-order valence-corrected chi connectivity index (χ2v) is 6.99. The Morgan fingerprint density at radius 2 is 1.91 bits per heavy atom. The minimum Gasteiger partial charge on any atom is -0.469 e. The van der Waals surface area contributed by atoms with Gasteiger partial charge in [0.15, 0.2) is 5.78 Å². The Balaban J connectivity index is 2.87. The van der Waals surface area contributed by atoms with Crippen molar-refractivity contribution in [3.63, 3.8) is 0 Å². The van der Waals surface area contributed by atoms with Gasteiger partial charge in [0.25, 0.3) is 0 Å². The first-order valence-corrected chi connectivity index (χ1v) is 8.18. The number of esters is 2. The van der Waals surface area contributed by atoms with E-state index in [1.165, 1.54) is 7.11 Å². The van der Waals surface area contributed by atoms with E-state index in [4.69, 9.17) is 9.47 Å². The molecule has 23 heavy (non-hydrogen) atoms. The van der Waals surface area contributed by atoms with Crippen LogP contribution in [0.4, 0.5) is 0 Å². The molecule has 0 aliphatic heterocycles. The minimum atomic E-state index is -0.774. The first-order valence-electron chi connectivity index (χ1n) is 8.18. The fraction of sp³-hybridized carbons (Fsp3) is 0.722. The summed E-state index contributed by atoms with van der Waals surface area (Å²) in [7, 11) is 1.33. The number of methoxy groups -OCH3 is 1. The summed E-state index contributed by atoms with van der Waals surface area (Å²) in [4.78, 5) is 36.5. The van der Waals surface area contributed by atoms with Gasteiger partial charge in [0, 0.05) is 12.3 Å². The van der Waals surface area contributed by atoms with Crippen LogP contribution in [0.5, 0.6) is 0 Å². The molecule has 1 aliphatic rings. The summed E-state index contributed by atoms with van der Waals surface area (Å²) in [6.45, 7) is 7.34. The maximum atomic E-state index is 12.6. The molecular weight excluding hydrogens is 296 g/mol. The molecule has 0 N–H and O–H groups in total. The van der Waals surface area contributed by atoms with Crippen molar-refractivity contribution in [1.82, 2.24) is 0 Å². The molecule has 3 unspecified atom stereocenters. The number of carbonyl (C=O) groups is 3. The van der Waals surface area contributed by atoms with E-state index in [1.807, 2.05) is 19.1 Å². The van der Waals surface area contributed by atoms with Crippen molar-refractivity contribution in [3.05, 3.63) is 12.2 Å². The molecule has 0 amide bonds. The van der Waals surface area contributed by atoms with Crippen molar-refractivity contribution in [3.8, 4) is 0 Å². The molecule has 0 heterocycles. The van der Waals surface area contributed by atoms with E-state index in [0.29, 0.717) is 12.8 Å². The van der Waals surface area contributed by atoms with Gasteiger partial charge in [-0.05, 0) is 46.0 Å². The molecular formula is C18H28O5. The van der Waals surface area contributed by atoms with Gasteiger partial charge in [0.2, 0.25) is 0 Å². The number of ketones is 1. The summed E-state index contributed by atoms with van der Waals surface area (Å²) < 4.78 is 10.1. The SMILES string of the molecule is CC/C=C/CC1C(=O)C(C(=O)OC(C)(C)C)CC1CC(=O)OC.